The van der Waals surface area contributed by atoms with Crippen molar-refractivity contribution in [2.45, 2.75) is 0 Å². The van der Waals surface area contributed by atoms with E-state index in [-0.39, 0.29) is 0 Å². The van der Waals surface area contributed by atoms with E-state index in [1.807, 2.05) is 54.7 Å². The smallest absolute Gasteiger partial charge is 0.159 e. The summed E-state index contributed by atoms with van der Waals surface area (Å²) in [5.41, 5.74) is 9.63. The number of aromatic nitrogens is 2. The maximum Gasteiger partial charge on any atom is 0.159 e. The van der Waals surface area contributed by atoms with Gasteiger partial charge in [-0.3, -0.25) is 0 Å². The minimum atomic E-state index is 0.711. The molecule has 0 spiro atoms. The van der Waals surface area contributed by atoms with Gasteiger partial charge in [0.25, 0.3) is 0 Å². The number of hydrogen-bond acceptors (Lipinski definition) is 3. The number of para-hydroxylation sites is 1. The molecule has 0 bridgehead atoms. The molecule has 0 atom stereocenters. The summed E-state index contributed by atoms with van der Waals surface area (Å²) in [6.45, 7) is 0. The third kappa shape index (κ3) is 3.90. The third-order valence-corrected chi connectivity index (χ3v) is 7.77. The Morgan fingerprint density at radius 2 is 1.05 bits per heavy atom. The Kier molecular flexibility index (Phi) is 5.46. The molecule has 0 N–H and O–H groups in total. The monoisotopic (exact) mass is 524 g/mol. The van der Waals surface area contributed by atoms with Gasteiger partial charge in [0.05, 0.1) is 5.69 Å². The van der Waals surface area contributed by atoms with E-state index in [0.29, 0.717) is 5.82 Å². The lowest BCUT2D eigenvalue weighted by Gasteiger charge is -2.23. The van der Waals surface area contributed by atoms with E-state index in [1.165, 1.54) is 5.56 Å². The molecule has 0 fully saturated rings. The SMILES string of the molecule is c1ccc(-c2ncc(-c3ccccc3-c3ccc4c5c(cccc35)-c3ccccc3O4)c(-c3ccccc3)n2)cc1. The summed E-state index contributed by atoms with van der Waals surface area (Å²) in [5.74, 6) is 2.49. The fourth-order valence-electron chi connectivity index (χ4n) is 5.89. The first-order valence-electron chi connectivity index (χ1n) is 13.8. The van der Waals surface area contributed by atoms with Crippen molar-refractivity contribution in [1.82, 2.24) is 9.97 Å². The predicted molar refractivity (Wildman–Crippen MR) is 167 cm³/mol. The summed E-state index contributed by atoms with van der Waals surface area (Å²) in [4.78, 5) is 9.98. The first-order chi connectivity index (χ1) is 20.3. The summed E-state index contributed by atoms with van der Waals surface area (Å²) in [6.07, 6.45) is 1.97. The van der Waals surface area contributed by atoms with Crippen LogP contribution in [0.2, 0.25) is 0 Å². The average molecular weight is 525 g/mol. The van der Waals surface area contributed by atoms with Crippen LogP contribution < -0.4 is 4.74 Å². The highest BCUT2D eigenvalue weighted by atomic mass is 16.5. The van der Waals surface area contributed by atoms with E-state index in [0.717, 1.165) is 66.9 Å². The van der Waals surface area contributed by atoms with Crippen molar-refractivity contribution in [2.24, 2.45) is 0 Å². The molecule has 0 unspecified atom stereocenters. The highest BCUT2D eigenvalue weighted by Crippen LogP contribution is 2.49. The molecule has 8 rings (SSSR count). The Morgan fingerprint density at radius 3 is 1.83 bits per heavy atom. The van der Waals surface area contributed by atoms with Gasteiger partial charge in [-0.15, -0.1) is 0 Å². The lowest BCUT2D eigenvalue weighted by atomic mass is 9.87. The number of rotatable bonds is 4. The Bertz CT molecular complexity index is 2070. The van der Waals surface area contributed by atoms with Gasteiger partial charge in [-0.2, -0.15) is 0 Å². The zero-order valence-electron chi connectivity index (χ0n) is 22.2. The molecule has 2 heterocycles. The Hall–Kier alpha value is -5.54. The van der Waals surface area contributed by atoms with Crippen LogP contribution in [0.1, 0.15) is 0 Å². The van der Waals surface area contributed by atoms with Crippen molar-refractivity contribution in [1.29, 1.82) is 0 Å². The maximum absolute atomic E-state index is 6.37. The van der Waals surface area contributed by atoms with Crippen LogP contribution in [0.15, 0.2) is 146 Å². The highest BCUT2D eigenvalue weighted by molar-refractivity contribution is 6.11. The van der Waals surface area contributed by atoms with E-state index < -0.39 is 0 Å². The van der Waals surface area contributed by atoms with Crippen molar-refractivity contribution in [3.05, 3.63) is 146 Å². The first-order valence-corrected chi connectivity index (χ1v) is 13.8. The van der Waals surface area contributed by atoms with Crippen LogP contribution in [-0.2, 0) is 0 Å². The summed E-state index contributed by atoms with van der Waals surface area (Å²) in [7, 11) is 0. The molecule has 0 amide bonds. The quantitative estimate of drug-likeness (QED) is 0.230. The molecule has 1 aliphatic heterocycles. The van der Waals surface area contributed by atoms with Crippen LogP contribution in [-0.4, -0.2) is 9.97 Å². The molecule has 6 aromatic carbocycles. The molecule has 0 saturated carbocycles. The Balaban J connectivity index is 1.36. The minimum Gasteiger partial charge on any atom is -0.456 e. The van der Waals surface area contributed by atoms with Crippen LogP contribution in [0.5, 0.6) is 11.5 Å². The second-order valence-corrected chi connectivity index (χ2v) is 10.2. The van der Waals surface area contributed by atoms with Crippen molar-refractivity contribution in [3.8, 4) is 67.5 Å². The van der Waals surface area contributed by atoms with Gasteiger partial charge in [0, 0.05) is 33.8 Å². The molecule has 1 aromatic heterocycles. The average Bonchev–Trinajstić information content (AvgIpc) is 3.06. The van der Waals surface area contributed by atoms with Crippen LogP contribution in [0.4, 0.5) is 0 Å². The molecule has 1 aliphatic rings. The van der Waals surface area contributed by atoms with E-state index >= 15 is 0 Å². The van der Waals surface area contributed by atoms with Gasteiger partial charge in [0.1, 0.15) is 11.5 Å². The van der Waals surface area contributed by atoms with Crippen LogP contribution in [0.25, 0.3) is 66.8 Å². The van der Waals surface area contributed by atoms with Gasteiger partial charge in [-0.1, -0.05) is 127 Å². The van der Waals surface area contributed by atoms with E-state index in [9.17, 15) is 0 Å². The zero-order chi connectivity index (χ0) is 27.2. The molecule has 3 heteroatoms. The minimum absolute atomic E-state index is 0.711. The standard InChI is InChI=1S/C38H24N2O/c1-3-12-25(13-4-1)37-33(24-39-38(40-37)26-14-5-2-6-15-26)28-17-8-7-16-27(28)29-22-23-35-36-31(29)19-11-20-32(36)30-18-9-10-21-34(30)41-35/h1-24H. The number of nitrogens with zero attached hydrogens (tertiary/aromatic N) is 2. The molecular formula is C38H24N2O. The van der Waals surface area contributed by atoms with E-state index in [4.69, 9.17) is 14.7 Å². The first kappa shape index (κ1) is 23.4. The van der Waals surface area contributed by atoms with Crippen molar-refractivity contribution >= 4 is 10.8 Å². The van der Waals surface area contributed by atoms with Crippen LogP contribution in [0.3, 0.4) is 0 Å². The lowest BCUT2D eigenvalue weighted by Crippen LogP contribution is -1.99. The molecule has 41 heavy (non-hydrogen) atoms. The van der Waals surface area contributed by atoms with Gasteiger partial charge >= 0.3 is 0 Å². The number of benzene rings is 6. The highest BCUT2D eigenvalue weighted by Gasteiger charge is 2.23. The van der Waals surface area contributed by atoms with Gasteiger partial charge in [-0.25, -0.2) is 9.97 Å². The Labute approximate surface area is 238 Å². The van der Waals surface area contributed by atoms with E-state index in [1.54, 1.807) is 0 Å². The van der Waals surface area contributed by atoms with Crippen LogP contribution >= 0.6 is 0 Å². The summed E-state index contributed by atoms with van der Waals surface area (Å²) >= 11 is 0. The number of fused-ring (bicyclic) bond motifs is 2. The summed E-state index contributed by atoms with van der Waals surface area (Å²) < 4.78 is 6.37. The fraction of sp³-hybridized carbons (Fsp3) is 0. The van der Waals surface area contributed by atoms with E-state index in [2.05, 4.69) is 91.0 Å². The largest absolute Gasteiger partial charge is 0.456 e. The number of hydrogen-bond donors (Lipinski definition) is 0. The summed E-state index contributed by atoms with van der Waals surface area (Å²) in [5, 5.41) is 2.29. The summed E-state index contributed by atoms with van der Waals surface area (Å²) in [6, 6.07) is 48.1. The van der Waals surface area contributed by atoms with Gasteiger partial charge in [0.2, 0.25) is 0 Å². The topological polar surface area (TPSA) is 35.0 Å². The number of ether oxygens (including phenoxy) is 1. The van der Waals surface area contributed by atoms with Gasteiger partial charge < -0.3 is 4.74 Å². The fourth-order valence-corrected chi connectivity index (χ4v) is 5.89. The predicted octanol–water partition coefficient (Wildman–Crippen LogP) is 10.1. The Morgan fingerprint density at radius 1 is 0.415 bits per heavy atom. The zero-order valence-corrected chi connectivity index (χ0v) is 22.2. The van der Waals surface area contributed by atoms with Crippen molar-refractivity contribution < 1.29 is 4.74 Å². The third-order valence-electron chi connectivity index (χ3n) is 7.77. The van der Waals surface area contributed by atoms with Crippen LogP contribution in [0, 0.1) is 0 Å². The van der Waals surface area contributed by atoms with Crippen molar-refractivity contribution in [2.75, 3.05) is 0 Å². The molecule has 3 nitrogen and oxygen atoms in total. The van der Waals surface area contributed by atoms with Crippen molar-refractivity contribution in [3.63, 3.8) is 0 Å². The normalized spacial score (nSPS) is 11.6. The second kappa shape index (κ2) is 9.58. The molecule has 0 saturated heterocycles. The maximum atomic E-state index is 6.37. The van der Waals surface area contributed by atoms with Gasteiger partial charge in [-0.05, 0) is 39.8 Å². The second-order valence-electron chi connectivity index (χ2n) is 10.2. The molecule has 192 valence electrons. The van der Waals surface area contributed by atoms with Gasteiger partial charge in [0.15, 0.2) is 5.82 Å². The molecular weight excluding hydrogens is 500 g/mol. The molecule has 0 aliphatic carbocycles. The molecule has 0 radical (unpaired) electrons. The molecule has 7 aromatic rings. The lowest BCUT2D eigenvalue weighted by molar-refractivity contribution is 0.487.